The third-order valence-corrected chi connectivity index (χ3v) is 6.39. The first kappa shape index (κ1) is 19.7. The lowest BCUT2D eigenvalue weighted by atomic mass is 9.67. The molecule has 3 atom stereocenters. The molecule has 2 aromatic rings. The molecule has 8 heteroatoms. The van der Waals surface area contributed by atoms with E-state index >= 15 is 0 Å². The summed E-state index contributed by atoms with van der Waals surface area (Å²) in [5.74, 6) is 2.62. The summed E-state index contributed by atoms with van der Waals surface area (Å²) in [5.41, 5.74) is 2.82. The van der Waals surface area contributed by atoms with Crippen LogP contribution in [-0.2, 0) is 16.0 Å². The highest BCUT2D eigenvalue weighted by molar-refractivity contribution is 5.79. The average molecular weight is 428 g/mol. The number of ether oxygens (including phenoxy) is 7. The van der Waals surface area contributed by atoms with Gasteiger partial charge in [-0.25, -0.2) is 0 Å². The Hall–Kier alpha value is -3.29. The zero-order valence-electron chi connectivity index (χ0n) is 17.9. The Morgan fingerprint density at radius 1 is 0.871 bits per heavy atom. The molecule has 0 radical (unpaired) electrons. The highest BCUT2D eigenvalue weighted by Crippen LogP contribution is 2.56. The third-order valence-electron chi connectivity index (χ3n) is 6.39. The molecule has 2 heterocycles. The molecule has 2 aliphatic heterocycles. The molecule has 0 spiro atoms. The number of hydrogen-bond donors (Lipinski definition) is 0. The highest BCUT2D eigenvalue weighted by Gasteiger charge is 2.49. The van der Waals surface area contributed by atoms with Gasteiger partial charge < -0.3 is 33.2 Å². The van der Waals surface area contributed by atoms with Crippen LogP contribution in [-0.4, -0.2) is 47.8 Å². The monoisotopic (exact) mass is 428 g/mol. The van der Waals surface area contributed by atoms with E-state index < -0.39 is 0 Å². The van der Waals surface area contributed by atoms with Gasteiger partial charge in [0.2, 0.25) is 18.3 Å². The van der Waals surface area contributed by atoms with Crippen LogP contribution in [0.5, 0.6) is 34.5 Å². The molecule has 0 bridgehead atoms. The first-order valence-corrected chi connectivity index (χ1v) is 10.1. The van der Waals surface area contributed by atoms with Crippen molar-refractivity contribution < 1.29 is 38.0 Å². The molecule has 0 unspecified atom stereocenters. The largest absolute Gasteiger partial charge is 0.493 e. The van der Waals surface area contributed by atoms with Crippen molar-refractivity contribution in [2.75, 3.05) is 41.8 Å². The average Bonchev–Trinajstić information content (AvgIpc) is 3.41. The van der Waals surface area contributed by atoms with E-state index in [2.05, 4.69) is 0 Å². The fourth-order valence-corrected chi connectivity index (χ4v) is 5.07. The van der Waals surface area contributed by atoms with E-state index in [1.54, 1.807) is 28.4 Å². The van der Waals surface area contributed by atoms with Gasteiger partial charge >= 0.3 is 5.97 Å². The van der Waals surface area contributed by atoms with Gasteiger partial charge in [0.15, 0.2) is 23.0 Å². The molecule has 0 saturated carbocycles. The number of carbonyl (C=O) groups is 1. The van der Waals surface area contributed by atoms with Gasteiger partial charge in [0.1, 0.15) is 0 Å². The van der Waals surface area contributed by atoms with E-state index in [-0.39, 0.29) is 30.5 Å². The van der Waals surface area contributed by atoms with E-state index in [0.29, 0.717) is 47.5 Å². The summed E-state index contributed by atoms with van der Waals surface area (Å²) in [5, 5.41) is 0. The topological polar surface area (TPSA) is 81.7 Å². The number of carbonyl (C=O) groups excluding carboxylic acids is 1. The van der Waals surface area contributed by atoms with Gasteiger partial charge in [-0.15, -0.1) is 0 Å². The first-order chi connectivity index (χ1) is 15.1. The Morgan fingerprint density at radius 2 is 1.58 bits per heavy atom. The standard InChI is InChI=1S/C23H24O8/c1-25-15-6-11(7-16(26-2)21(15)28-4)18-13-8-17-22(31-10-30-17)20(27-3)14(13)5-12-9-29-23(24)19(12)18/h6-8,12,18-19H,5,9-10H2,1-4H3/t12-,18-,19-/m0/s1. The van der Waals surface area contributed by atoms with Gasteiger partial charge in [-0.2, -0.15) is 0 Å². The molecule has 3 aliphatic rings. The zero-order chi connectivity index (χ0) is 21.7. The van der Waals surface area contributed by atoms with Crippen LogP contribution in [0, 0.1) is 11.8 Å². The minimum atomic E-state index is -0.333. The van der Waals surface area contributed by atoms with Crippen molar-refractivity contribution in [2.24, 2.45) is 11.8 Å². The van der Waals surface area contributed by atoms with Crippen molar-refractivity contribution in [1.29, 1.82) is 0 Å². The summed E-state index contributed by atoms with van der Waals surface area (Å²) < 4.78 is 39.2. The molecular formula is C23H24O8. The van der Waals surface area contributed by atoms with E-state index in [0.717, 1.165) is 16.7 Å². The number of cyclic esters (lactones) is 1. The predicted molar refractivity (Wildman–Crippen MR) is 109 cm³/mol. The summed E-state index contributed by atoms with van der Waals surface area (Å²) in [7, 11) is 6.33. The Labute approximate surface area is 179 Å². The lowest BCUT2D eigenvalue weighted by Gasteiger charge is -2.34. The lowest BCUT2D eigenvalue weighted by molar-refractivity contribution is -0.141. The van der Waals surface area contributed by atoms with Gasteiger partial charge in [-0.05, 0) is 35.7 Å². The quantitative estimate of drug-likeness (QED) is 0.673. The molecule has 0 amide bonds. The highest BCUT2D eigenvalue weighted by atomic mass is 16.7. The summed E-state index contributed by atoms with van der Waals surface area (Å²) in [6, 6.07) is 5.73. The number of benzene rings is 2. The van der Waals surface area contributed by atoms with Crippen molar-refractivity contribution in [3.05, 3.63) is 34.9 Å². The van der Waals surface area contributed by atoms with Crippen LogP contribution < -0.4 is 28.4 Å². The molecule has 0 N–H and O–H groups in total. The maximum absolute atomic E-state index is 12.8. The SMILES string of the molecule is COc1cc([C@H]2c3cc4c(c(OC)c3C[C@H]3COC(=O)[C@@H]32)OCO4)cc(OC)c1OC. The fraction of sp³-hybridized carbons (Fsp3) is 0.435. The summed E-state index contributed by atoms with van der Waals surface area (Å²) in [4.78, 5) is 12.8. The fourth-order valence-electron chi connectivity index (χ4n) is 5.07. The number of fused-ring (bicyclic) bond motifs is 3. The minimum Gasteiger partial charge on any atom is -0.493 e. The molecular weight excluding hydrogens is 404 g/mol. The van der Waals surface area contributed by atoms with Crippen LogP contribution in [0.15, 0.2) is 18.2 Å². The van der Waals surface area contributed by atoms with Gasteiger partial charge in [-0.1, -0.05) is 0 Å². The van der Waals surface area contributed by atoms with Crippen molar-refractivity contribution in [2.45, 2.75) is 12.3 Å². The Bertz CT molecular complexity index is 1020. The second-order valence-electron chi connectivity index (χ2n) is 7.77. The van der Waals surface area contributed by atoms with Crippen LogP contribution in [0.4, 0.5) is 0 Å². The predicted octanol–water partition coefficient (Wildman–Crippen LogP) is 2.93. The van der Waals surface area contributed by atoms with Gasteiger partial charge in [-0.3, -0.25) is 4.79 Å². The minimum absolute atomic E-state index is 0.0263. The van der Waals surface area contributed by atoms with Gasteiger partial charge in [0, 0.05) is 17.4 Å². The van der Waals surface area contributed by atoms with E-state index in [1.807, 2.05) is 18.2 Å². The number of esters is 1. The van der Waals surface area contributed by atoms with Crippen LogP contribution >= 0.6 is 0 Å². The first-order valence-electron chi connectivity index (χ1n) is 10.1. The van der Waals surface area contributed by atoms with Gasteiger partial charge in [0.25, 0.3) is 0 Å². The second-order valence-corrected chi connectivity index (χ2v) is 7.77. The molecule has 0 aromatic heterocycles. The van der Waals surface area contributed by atoms with Crippen LogP contribution in [0.25, 0.3) is 0 Å². The van der Waals surface area contributed by atoms with Crippen LogP contribution in [0.1, 0.15) is 22.6 Å². The molecule has 8 nitrogen and oxygen atoms in total. The van der Waals surface area contributed by atoms with Crippen molar-refractivity contribution in [1.82, 2.24) is 0 Å². The summed E-state index contributed by atoms with van der Waals surface area (Å²) >= 11 is 0. The van der Waals surface area contributed by atoms with Gasteiger partial charge in [0.05, 0.1) is 41.0 Å². The Morgan fingerprint density at radius 3 is 2.23 bits per heavy atom. The van der Waals surface area contributed by atoms with Crippen molar-refractivity contribution in [3.63, 3.8) is 0 Å². The normalized spacial score (nSPS) is 23.0. The number of hydrogen-bond acceptors (Lipinski definition) is 8. The molecule has 2 aromatic carbocycles. The summed E-state index contributed by atoms with van der Waals surface area (Å²) in [6.45, 7) is 0.514. The maximum Gasteiger partial charge on any atom is 0.310 e. The lowest BCUT2D eigenvalue weighted by Crippen LogP contribution is -2.32. The molecule has 5 rings (SSSR count). The maximum atomic E-state index is 12.8. The zero-order valence-corrected chi connectivity index (χ0v) is 17.9. The van der Waals surface area contributed by atoms with Crippen LogP contribution in [0.2, 0.25) is 0 Å². The molecule has 1 aliphatic carbocycles. The summed E-state index contributed by atoms with van der Waals surface area (Å²) in [6.07, 6.45) is 0.659. The molecule has 1 fully saturated rings. The van der Waals surface area contributed by atoms with E-state index in [1.165, 1.54) is 0 Å². The van der Waals surface area contributed by atoms with E-state index in [9.17, 15) is 4.79 Å². The molecule has 164 valence electrons. The Kier molecular flexibility index (Phi) is 4.72. The number of methoxy groups -OCH3 is 4. The third kappa shape index (κ3) is 2.85. The van der Waals surface area contributed by atoms with Crippen molar-refractivity contribution in [3.8, 4) is 34.5 Å². The smallest absolute Gasteiger partial charge is 0.310 e. The second kappa shape index (κ2) is 7.44. The number of rotatable bonds is 5. The molecule has 1 saturated heterocycles. The Balaban J connectivity index is 1.76. The van der Waals surface area contributed by atoms with Crippen LogP contribution in [0.3, 0.4) is 0 Å². The molecule has 31 heavy (non-hydrogen) atoms. The van der Waals surface area contributed by atoms with Crippen molar-refractivity contribution >= 4 is 5.97 Å². The van der Waals surface area contributed by atoms with E-state index in [4.69, 9.17) is 33.2 Å².